The molecule has 1 heterocycles. The first-order chi connectivity index (χ1) is 14.1. The van der Waals surface area contributed by atoms with Crippen LogP contribution in [-0.2, 0) is 4.79 Å². The SMILES string of the molecule is N#CC1(NC(=O)CN2CCC(NC(=O)Nc3ccccc3)CC2)CCCCCC1. The van der Waals surface area contributed by atoms with Gasteiger partial charge >= 0.3 is 6.03 Å². The average molecular weight is 398 g/mol. The minimum absolute atomic E-state index is 0.0679. The number of hydrogen-bond donors (Lipinski definition) is 3. The van der Waals surface area contributed by atoms with Gasteiger partial charge in [-0.2, -0.15) is 5.26 Å². The Morgan fingerprint density at radius 3 is 2.34 bits per heavy atom. The molecule has 29 heavy (non-hydrogen) atoms. The third kappa shape index (κ3) is 6.47. The Kier molecular flexibility index (Phi) is 7.48. The number of amides is 3. The lowest BCUT2D eigenvalue weighted by atomic mass is 9.92. The van der Waals surface area contributed by atoms with Gasteiger partial charge in [-0.1, -0.05) is 43.9 Å². The van der Waals surface area contributed by atoms with Crippen molar-refractivity contribution in [1.29, 1.82) is 5.26 Å². The smallest absolute Gasteiger partial charge is 0.319 e. The van der Waals surface area contributed by atoms with Crippen LogP contribution in [0.25, 0.3) is 0 Å². The van der Waals surface area contributed by atoms with Crippen LogP contribution in [0.4, 0.5) is 10.5 Å². The maximum atomic E-state index is 12.5. The third-order valence-electron chi connectivity index (χ3n) is 5.87. The van der Waals surface area contributed by atoms with Crippen molar-refractivity contribution < 1.29 is 9.59 Å². The maximum absolute atomic E-state index is 12.5. The van der Waals surface area contributed by atoms with Gasteiger partial charge in [0.2, 0.25) is 5.91 Å². The molecule has 0 unspecified atom stereocenters. The lowest BCUT2D eigenvalue weighted by Gasteiger charge is -2.33. The largest absolute Gasteiger partial charge is 0.337 e. The highest BCUT2D eigenvalue weighted by Crippen LogP contribution is 2.26. The normalized spacial score (nSPS) is 20.1. The van der Waals surface area contributed by atoms with E-state index >= 15 is 0 Å². The van der Waals surface area contributed by atoms with Crippen molar-refractivity contribution in [3.8, 4) is 6.07 Å². The minimum Gasteiger partial charge on any atom is -0.337 e. The highest BCUT2D eigenvalue weighted by atomic mass is 16.2. The fraction of sp³-hybridized carbons (Fsp3) is 0.591. The molecule has 0 aromatic heterocycles. The van der Waals surface area contributed by atoms with Crippen LogP contribution >= 0.6 is 0 Å². The van der Waals surface area contributed by atoms with E-state index in [1.54, 1.807) is 0 Å². The Bertz CT molecular complexity index is 714. The monoisotopic (exact) mass is 397 g/mol. The van der Waals surface area contributed by atoms with Crippen molar-refractivity contribution in [1.82, 2.24) is 15.5 Å². The summed E-state index contributed by atoms with van der Waals surface area (Å²) in [6.07, 6.45) is 7.37. The second kappa shape index (κ2) is 10.3. The van der Waals surface area contributed by atoms with Crippen molar-refractivity contribution in [3.63, 3.8) is 0 Å². The van der Waals surface area contributed by atoms with Crippen LogP contribution in [0.3, 0.4) is 0 Å². The Morgan fingerprint density at radius 1 is 1.07 bits per heavy atom. The molecule has 1 saturated carbocycles. The number of nitrogens with zero attached hydrogens (tertiary/aromatic N) is 2. The summed E-state index contributed by atoms with van der Waals surface area (Å²) in [5.74, 6) is -0.0679. The molecule has 3 rings (SSSR count). The zero-order valence-electron chi connectivity index (χ0n) is 17.0. The van der Waals surface area contributed by atoms with Crippen LogP contribution in [0.1, 0.15) is 51.4 Å². The molecule has 3 N–H and O–H groups in total. The highest BCUT2D eigenvalue weighted by molar-refractivity contribution is 5.89. The molecule has 0 bridgehead atoms. The second-order valence-corrected chi connectivity index (χ2v) is 8.17. The molecular weight excluding hydrogens is 366 g/mol. The fourth-order valence-corrected chi connectivity index (χ4v) is 4.22. The van der Waals surface area contributed by atoms with Gasteiger partial charge in [-0.05, 0) is 37.8 Å². The summed E-state index contributed by atoms with van der Waals surface area (Å²) in [7, 11) is 0. The van der Waals surface area contributed by atoms with Crippen molar-refractivity contribution in [2.75, 3.05) is 25.0 Å². The number of rotatable bonds is 5. The summed E-state index contributed by atoms with van der Waals surface area (Å²) in [5.41, 5.74) is 0.0762. The van der Waals surface area contributed by atoms with E-state index in [1.807, 2.05) is 30.3 Å². The molecule has 3 amide bonds. The summed E-state index contributed by atoms with van der Waals surface area (Å²) in [4.78, 5) is 26.8. The summed E-state index contributed by atoms with van der Waals surface area (Å²) >= 11 is 0. The maximum Gasteiger partial charge on any atom is 0.319 e. The molecule has 0 atom stereocenters. The molecule has 7 heteroatoms. The number of carbonyl (C=O) groups is 2. The molecule has 0 spiro atoms. The molecule has 1 saturated heterocycles. The van der Waals surface area contributed by atoms with Crippen LogP contribution in [0, 0.1) is 11.3 Å². The van der Waals surface area contributed by atoms with Gasteiger partial charge < -0.3 is 16.0 Å². The van der Waals surface area contributed by atoms with E-state index in [2.05, 4.69) is 26.9 Å². The molecule has 1 aliphatic heterocycles. The predicted octanol–water partition coefficient (Wildman–Crippen LogP) is 3.01. The lowest BCUT2D eigenvalue weighted by Crippen LogP contribution is -2.52. The first-order valence-electron chi connectivity index (χ1n) is 10.7. The van der Waals surface area contributed by atoms with Crippen molar-refractivity contribution in [3.05, 3.63) is 30.3 Å². The van der Waals surface area contributed by atoms with Gasteiger partial charge in [0.15, 0.2) is 0 Å². The van der Waals surface area contributed by atoms with Crippen molar-refractivity contribution >= 4 is 17.6 Å². The van der Waals surface area contributed by atoms with Gasteiger partial charge in [0.25, 0.3) is 0 Å². The lowest BCUT2D eigenvalue weighted by molar-refractivity contribution is -0.124. The molecular formula is C22H31N5O2. The van der Waals surface area contributed by atoms with E-state index in [0.29, 0.717) is 6.54 Å². The zero-order chi connectivity index (χ0) is 20.5. The Labute approximate surface area is 172 Å². The van der Waals surface area contributed by atoms with E-state index in [9.17, 15) is 14.9 Å². The zero-order valence-corrected chi connectivity index (χ0v) is 17.0. The molecule has 1 aromatic carbocycles. The number of nitriles is 1. The summed E-state index contributed by atoms with van der Waals surface area (Å²) in [6.45, 7) is 1.82. The number of anilines is 1. The van der Waals surface area contributed by atoms with E-state index in [-0.39, 0.29) is 18.0 Å². The molecule has 1 aromatic rings. The number of benzene rings is 1. The van der Waals surface area contributed by atoms with Crippen LogP contribution in [-0.4, -0.2) is 48.1 Å². The number of nitrogens with one attached hydrogen (secondary N) is 3. The third-order valence-corrected chi connectivity index (χ3v) is 5.87. The Morgan fingerprint density at radius 2 is 1.72 bits per heavy atom. The summed E-state index contributed by atoms with van der Waals surface area (Å²) in [6, 6.07) is 11.6. The van der Waals surface area contributed by atoms with E-state index in [1.165, 1.54) is 0 Å². The van der Waals surface area contributed by atoms with Gasteiger partial charge in [-0.15, -0.1) is 0 Å². The minimum atomic E-state index is -0.691. The van der Waals surface area contributed by atoms with Crippen LogP contribution in [0.15, 0.2) is 30.3 Å². The Balaban J connectivity index is 1.39. The van der Waals surface area contributed by atoms with E-state index in [0.717, 1.165) is 70.1 Å². The highest BCUT2D eigenvalue weighted by Gasteiger charge is 2.33. The number of para-hydroxylation sites is 1. The number of piperidine rings is 1. The van der Waals surface area contributed by atoms with Gasteiger partial charge in [0.05, 0.1) is 12.6 Å². The molecule has 2 fully saturated rings. The average Bonchev–Trinajstić information content (AvgIpc) is 2.96. The number of hydrogen-bond acceptors (Lipinski definition) is 4. The molecule has 1 aliphatic carbocycles. The summed E-state index contributed by atoms with van der Waals surface area (Å²) < 4.78 is 0. The summed E-state index contributed by atoms with van der Waals surface area (Å²) in [5, 5.41) is 18.5. The molecule has 2 aliphatic rings. The topological polar surface area (TPSA) is 97.3 Å². The second-order valence-electron chi connectivity index (χ2n) is 8.17. The molecule has 7 nitrogen and oxygen atoms in total. The van der Waals surface area contributed by atoms with Crippen LogP contribution in [0.2, 0.25) is 0 Å². The van der Waals surface area contributed by atoms with Crippen molar-refractivity contribution in [2.45, 2.75) is 62.9 Å². The number of carbonyl (C=O) groups excluding carboxylic acids is 2. The van der Waals surface area contributed by atoms with Crippen molar-refractivity contribution in [2.24, 2.45) is 0 Å². The van der Waals surface area contributed by atoms with Gasteiger partial charge in [0, 0.05) is 24.8 Å². The fourth-order valence-electron chi connectivity index (χ4n) is 4.22. The number of likely N-dealkylation sites (tertiary alicyclic amines) is 1. The predicted molar refractivity (Wildman–Crippen MR) is 112 cm³/mol. The van der Waals surface area contributed by atoms with E-state index in [4.69, 9.17) is 0 Å². The number of urea groups is 1. The van der Waals surface area contributed by atoms with E-state index < -0.39 is 5.54 Å². The Hall–Kier alpha value is -2.59. The standard InChI is InChI=1S/C22H31N5O2/c23-17-22(12-6-1-2-7-13-22)26-20(28)16-27-14-10-19(11-15-27)25-21(29)24-18-8-4-3-5-9-18/h3-5,8-9,19H,1-2,6-7,10-16H2,(H,26,28)(H2,24,25,29). The van der Waals surface area contributed by atoms with Gasteiger partial charge in [-0.3, -0.25) is 9.69 Å². The molecule has 156 valence electrons. The van der Waals surface area contributed by atoms with Crippen LogP contribution < -0.4 is 16.0 Å². The van der Waals surface area contributed by atoms with Gasteiger partial charge in [0.1, 0.15) is 5.54 Å². The molecule has 0 radical (unpaired) electrons. The first-order valence-corrected chi connectivity index (χ1v) is 10.7. The first kappa shape index (κ1) is 21.1. The van der Waals surface area contributed by atoms with Crippen LogP contribution in [0.5, 0.6) is 0 Å². The quantitative estimate of drug-likeness (QED) is 0.665. The van der Waals surface area contributed by atoms with Gasteiger partial charge in [-0.25, -0.2) is 4.79 Å².